The first kappa shape index (κ1) is 19.2. The maximum Gasteiger partial charge on any atom is 0.280 e. The van der Waals surface area contributed by atoms with Crippen molar-refractivity contribution < 1.29 is 27.3 Å². The number of aryl methyl sites for hydroxylation is 1. The average Bonchev–Trinajstić information content (AvgIpc) is 3.06. The Bertz CT molecular complexity index is 1080. The quantitative estimate of drug-likeness (QED) is 0.397. The number of carbonyl (C=O) groups is 1. The van der Waals surface area contributed by atoms with Crippen molar-refractivity contribution in [2.24, 2.45) is 0 Å². The summed E-state index contributed by atoms with van der Waals surface area (Å²) >= 11 is 0. The average molecular weight is 397 g/mol. The van der Waals surface area contributed by atoms with Crippen molar-refractivity contribution in [3.05, 3.63) is 63.1 Å². The lowest BCUT2D eigenvalue weighted by atomic mass is 10.1. The van der Waals surface area contributed by atoms with Gasteiger partial charge in [0, 0.05) is 23.9 Å². The number of aromatic nitrogens is 3. The van der Waals surface area contributed by atoms with E-state index in [1.807, 2.05) is 0 Å². The molecule has 3 aromatic rings. The van der Waals surface area contributed by atoms with Gasteiger partial charge in [-0.15, -0.1) is 0 Å². The topological polar surface area (TPSA) is 102 Å². The van der Waals surface area contributed by atoms with Crippen LogP contribution in [0.1, 0.15) is 40.3 Å². The first-order chi connectivity index (χ1) is 13.2. The smallest absolute Gasteiger partial charge is 0.280 e. The molecule has 3 rings (SSSR count). The molecule has 2 aromatic heterocycles. The molecule has 0 fully saturated rings. The highest BCUT2D eigenvalue weighted by Crippen LogP contribution is 2.26. The zero-order chi connectivity index (χ0) is 20.6. The molecule has 0 radical (unpaired) electrons. The molecule has 0 bridgehead atoms. The standard InChI is InChI=1S/C16H11F4N5O3/c1-7-4-8(25(27)28)2-3-9(7)22-16(26)11-6-13-21-10(14(17)18)5-12(15(19)20)24(13)23-11/h2-6,14-15H,1H3,(H,22,26). The van der Waals surface area contributed by atoms with Crippen molar-refractivity contribution in [2.45, 2.75) is 19.8 Å². The van der Waals surface area contributed by atoms with E-state index in [0.29, 0.717) is 16.1 Å². The second-order valence-electron chi connectivity index (χ2n) is 5.72. The van der Waals surface area contributed by atoms with Crippen LogP contribution in [-0.4, -0.2) is 25.4 Å². The Morgan fingerprint density at radius 1 is 1.18 bits per heavy atom. The van der Waals surface area contributed by atoms with Crippen LogP contribution in [-0.2, 0) is 0 Å². The molecule has 12 heteroatoms. The summed E-state index contributed by atoms with van der Waals surface area (Å²) in [6.07, 6.45) is -6.19. The van der Waals surface area contributed by atoms with Gasteiger partial charge in [-0.2, -0.15) is 5.10 Å². The largest absolute Gasteiger partial charge is 0.320 e. The third-order valence-corrected chi connectivity index (χ3v) is 3.82. The van der Waals surface area contributed by atoms with E-state index in [4.69, 9.17) is 0 Å². The number of alkyl halides is 4. The summed E-state index contributed by atoms with van der Waals surface area (Å²) in [6, 6.07) is 5.24. The zero-order valence-corrected chi connectivity index (χ0v) is 14.1. The van der Waals surface area contributed by atoms with Gasteiger partial charge in [0.05, 0.1) is 4.92 Å². The van der Waals surface area contributed by atoms with Crippen LogP contribution in [0, 0.1) is 17.0 Å². The van der Waals surface area contributed by atoms with E-state index < -0.39 is 35.1 Å². The minimum atomic E-state index is -3.12. The molecule has 0 aliphatic heterocycles. The number of non-ortho nitro benzene ring substituents is 1. The third kappa shape index (κ3) is 3.61. The Balaban J connectivity index is 1.96. The number of nitrogens with zero attached hydrogens (tertiary/aromatic N) is 4. The van der Waals surface area contributed by atoms with Gasteiger partial charge < -0.3 is 5.32 Å². The molecule has 0 unspecified atom stereocenters. The molecule has 0 atom stereocenters. The van der Waals surface area contributed by atoms with Gasteiger partial charge in [-0.05, 0) is 24.6 Å². The lowest BCUT2D eigenvalue weighted by molar-refractivity contribution is -0.384. The molecule has 0 spiro atoms. The number of hydrogen-bond acceptors (Lipinski definition) is 5. The molecule has 1 amide bonds. The van der Waals surface area contributed by atoms with Gasteiger partial charge in [-0.3, -0.25) is 14.9 Å². The van der Waals surface area contributed by atoms with Crippen molar-refractivity contribution in [1.82, 2.24) is 14.6 Å². The van der Waals surface area contributed by atoms with Crippen LogP contribution in [0.4, 0.5) is 28.9 Å². The SMILES string of the molecule is Cc1cc([N+](=O)[O-])ccc1NC(=O)c1cc2nc(C(F)F)cc(C(F)F)n2n1. The monoisotopic (exact) mass is 397 g/mol. The summed E-state index contributed by atoms with van der Waals surface area (Å²) in [5, 5.41) is 16.9. The number of nitrogens with one attached hydrogen (secondary N) is 1. The Hall–Kier alpha value is -3.57. The van der Waals surface area contributed by atoms with Crippen molar-refractivity contribution in [2.75, 3.05) is 5.32 Å². The van der Waals surface area contributed by atoms with E-state index in [-0.39, 0.29) is 22.7 Å². The third-order valence-electron chi connectivity index (χ3n) is 3.82. The number of carbonyl (C=O) groups excluding carboxylic acids is 1. The highest BCUT2D eigenvalue weighted by molar-refractivity contribution is 6.04. The number of benzene rings is 1. The first-order valence-corrected chi connectivity index (χ1v) is 7.70. The first-order valence-electron chi connectivity index (χ1n) is 7.70. The van der Waals surface area contributed by atoms with Gasteiger partial charge in [0.2, 0.25) is 0 Å². The fourth-order valence-corrected chi connectivity index (χ4v) is 2.48. The molecule has 2 heterocycles. The summed E-state index contributed by atoms with van der Waals surface area (Å²) in [5.41, 5.74) is -1.90. The van der Waals surface area contributed by atoms with Crippen molar-refractivity contribution in [1.29, 1.82) is 0 Å². The molecule has 1 N–H and O–H groups in total. The normalized spacial score (nSPS) is 11.4. The van der Waals surface area contributed by atoms with Gasteiger partial charge in [-0.25, -0.2) is 27.1 Å². The van der Waals surface area contributed by atoms with Gasteiger partial charge >= 0.3 is 0 Å². The number of halogens is 4. The van der Waals surface area contributed by atoms with Gasteiger partial charge in [0.15, 0.2) is 11.3 Å². The maximum atomic E-state index is 13.2. The van der Waals surface area contributed by atoms with Crippen molar-refractivity contribution in [3.8, 4) is 0 Å². The minimum Gasteiger partial charge on any atom is -0.320 e. The lowest BCUT2D eigenvalue weighted by Crippen LogP contribution is -2.14. The molecule has 0 aliphatic rings. The van der Waals surface area contributed by atoms with Crippen molar-refractivity contribution >= 4 is 22.9 Å². The Morgan fingerprint density at radius 2 is 1.89 bits per heavy atom. The Kier molecular flexibility index (Phi) is 4.94. The van der Waals surface area contributed by atoms with Gasteiger partial charge in [-0.1, -0.05) is 0 Å². The van der Waals surface area contributed by atoms with Gasteiger partial charge in [0.25, 0.3) is 24.4 Å². The molecule has 146 valence electrons. The number of nitro groups is 1. The van der Waals surface area contributed by atoms with Crippen LogP contribution in [0.15, 0.2) is 30.3 Å². The number of fused-ring (bicyclic) bond motifs is 1. The van der Waals surface area contributed by atoms with Crippen LogP contribution >= 0.6 is 0 Å². The van der Waals surface area contributed by atoms with E-state index in [1.54, 1.807) is 0 Å². The zero-order valence-electron chi connectivity index (χ0n) is 14.1. The van der Waals surface area contributed by atoms with Crippen LogP contribution < -0.4 is 5.32 Å². The summed E-state index contributed by atoms with van der Waals surface area (Å²) in [5.74, 6) is -0.818. The predicted octanol–water partition coefficient (Wildman–Crippen LogP) is 4.07. The Morgan fingerprint density at radius 3 is 2.46 bits per heavy atom. The molecule has 0 saturated carbocycles. The molecular formula is C16H11F4N5O3. The molecule has 0 saturated heterocycles. The number of amides is 1. The van der Waals surface area contributed by atoms with E-state index >= 15 is 0 Å². The second kappa shape index (κ2) is 7.21. The molecule has 1 aromatic carbocycles. The molecular weight excluding hydrogens is 386 g/mol. The maximum absolute atomic E-state index is 13.2. The summed E-state index contributed by atoms with van der Waals surface area (Å²) in [6.45, 7) is 1.53. The van der Waals surface area contributed by atoms with Crippen LogP contribution in [0.2, 0.25) is 0 Å². The predicted molar refractivity (Wildman–Crippen MR) is 88.7 cm³/mol. The van der Waals surface area contributed by atoms with Crippen molar-refractivity contribution in [3.63, 3.8) is 0 Å². The number of hydrogen-bond donors (Lipinski definition) is 1. The molecule has 8 nitrogen and oxygen atoms in total. The van der Waals surface area contributed by atoms with E-state index in [9.17, 15) is 32.5 Å². The highest BCUT2D eigenvalue weighted by atomic mass is 19.3. The lowest BCUT2D eigenvalue weighted by Gasteiger charge is -2.07. The van der Waals surface area contributed by atoms with E-state index in [0.717, 1.165) is 6.07 Å². The fourth-order valence-electron chi connectivity index (χ4n) is 2.48. The minimum absolute atomic E-state index is 0.173. The fraction of sp³-hybridized carbons (Fsp3) is 0.188. The number of nitro benzene ring substituents is 1. The van der Waals surface area contributed by atoms with Gasteiger partial charge in [0.1, 0.15) is 11.4 Å². The summed E-state index contributed by atoms with van der Waals surface area (Å²) in [4.78, 5) is 26.1. The number of rotatable bonds is 5. The Labute approximate surface area is 154 Å². The highest BCUT2D eigenvalue weighted by Gasteiger charge is 2.22. The van der Waals surface area contributed by atoms with Crippen LogP contribution in [0.3, 0.4) is 0 Å². The molecule has 28 heavy (non-hydrogen) atoms. The summed E-state index contributed by atoms with van der Waals surface area (Å²) < 4.78 is 52.7. The second-order valence-corrected chi connectivity index (χ2v) is 5.72. The molecule has 0 aliphatic carbocycles. The van der Waals surface area contributed by atoms with Crippen LogP contribution in [0.5, 0.6) is 0 Å². The van der Waals surface area contributed by atoms with Crippen LogP contribution in [0.25, 0.3) is 5.65 Å². The van der Waals surface area contributed by atoms with E-state index in [1.165, 1.54) is 25.1 Å². The summed E-state index contributed by atoms with van der Waals surface area (Å²) in [7, 11) is 0. The number of anilines is 1. The van der Waals surface area contributed by atoms with E-state index in [2.05, 4.69) is 15.4 Å².